The summed E-state index contributed by atoms with van der Waals surface area (Å²) in [4.78, 5) is 11.9. The summed E-state index contributed by atoms with van der Waals surface area (Å²) in [6.45, 7) is 3.36. The highest BCUT2D eigenvalue weighted by molar-refractivity contribution is 9.10. The summed E-state index contributed by atoms with van der Waals surface area (Å²) < 4.78 is 25.0. The molecule has 0 aliphatic rings. The van der Waals surface area contributed by atoms with Crippen molar-refractivity contribution in [2.24, 2.45) is 0 Å². The molecule has 0 atom stereocenters. The van der Waals surface area contributed by atoms with Gasteiger partial charge in [0.1, 0.15) is 4.90 Å². The number of nitrogens with one attached hydrogen (secondary N) is 2. The molecule has 1 rings (SSSR count). The quantitative estimate of drug-likeness (QED) is 0.823. The maximum absolute atomic E-state index is 11.8. The van der Waals surface area contributed by atoms with Gasteiger partial charge in [-0.3, -0.25) is 4.79 Å². The molecular formula is C11H15BrN2O3S. The lowest BCUT2D eigenvalue weighted by Crippen LogP contribution is -2.32. The molecule has 2 N–H and O–H groups in total. The lowest BCUT2D eigenvalue weighted by molar-refractivity contribution is -0.117. The van der Waals surface area contributed by atoms with E-state index >= 15 is 0 Å². The predicted molar refractivity (Wildman–Crippen MR) is 74.3 cm³/mol. The molecule has 0 aliphatic heterocycles. The zero-order chi connectivity index (χ0) is 14.0. The van der Waals surface area contributed by atoms with Gasteiger partial charge in [0.25, 0.3) is 0 Å². The Labute approximate surface area is 115 Å². The van der Waals surface area contributed by atoms with E-state index in [1.54, 1.807) is 32.0 Å². The molecule has 0 aliphatic carbocycles. The largest absolute Gasteiger partial charge is 0.324 e. The van der Waals surface area contributed by atoms with Gasteiger partial charge in [0, 0.05) is 0 Å². The first-order chi connectivity index (χ1) is 8.18. The van der Waals surface area contributed by atoms with Gasteiger partial charge in [-0.05, 0) is 33.0 Å². The van der Waals surface area contributed by atoms with Crippen LogP contribution in [0.4, 0.5) is 5.69 Å². The van der Waals surface area contributed by atoms with Crippen molar-refractivity contribution in [3.05, 3.63) is 24.3 Å². The van der Waals surface area contributed by atoms with Crippen LogP contribution < -0.4 is 10.0 Å². The van der Waals surface area contributed by atoms with E-state index in [2.05, 4.69) is 26.0 Å². The summed E-state index contributed by atoms with van der Waals surface area (Å²) in [5.74, 6) is -0.318. The molecule has 0 unspecified atom stereocenters. The Balaban J connectivity index is 3.16. The van der Waals surface area contributed by atoms with Crippen molar-refractivity contribution < 1.29 is 13.2 Å². The zero-order valence-electron chi connectivity index (χ0n) is 10.3. The first kappa shape index (κ1) is 15.1. The van der Waals surface area contributed by atoms with Gasteiger partial charge in [-0.2, -0.15) is 0 Å². The molecule has 0 bridgehead atoms. The van der Waals surface area contributed by atoms with Gasteiger partial charge in [0.05, 0.1) is 10.0 Å². The molecule has 1 aromatic carbocycles. The lowest BCUT2D eigenvalue weighted by Gasteiger charge is -2.17. The van der Waals surface area contributed by atoms with Crippen LogP contribution in [0.5, 0.6) is 0 Å². The van der Waals surface area contributed by atoms with Gasteiger partial charge in [-0.15, -0.1) is 0 Å². The minimum atomic E-state index is -3.60. The average Bonchev–Trinajstić information content (AvgIpc) is 2.28. The Morgan fingerprint density at radius 3 is 2.33 bits per heavy atom. The summed E-state index contributed by atoms with van der Waals surface area (Å²) in [5.41, 5.74) is 0.254. The summed E-state index contributed by atoms with van der Waals surface area (Å²) in [5, 5.41) is 2.59. The van der Waals surface area contributed by atoms with Gasteiger partial charge in [-0.25, -0.2) is 13.1 Å². The standard InChI is InChI=1S/C11H15BrN2O3S/c1-11(2,12)10(15)14-8-6-4-5-7-9(8)18(16,17)13-3/h4-7,13H,1-3H3,(H,14,15). The zero-order valence-corrected chi connectivity index (χ0v) is 12.7. The third-order valence-corrected chi connectivity index (χ3v) is 4.07. The number of amides is 1. The van der Waals surface area contributed by atoms with Crippen molar-refractivity contribution >= 4 is 37.5 Å². The topological polar surface area (TPSA) is 75.3 Å². The predicted octanol–water partition coefficient (Wildman–Crippen LogP) is 1.71. The maximum Gasteiger partial charge on any atom is 0.242 e. The van der Waals surface area contributed by atoms with Crippen LogP contribution in [0.25, 0.3) is 0 Å². The minimum absolute atomic E-state index is 0.0394. The molecule has 18 heavy (non-hydrogen) atoms. The molecule has 100 valence electrons. The summed E-state index contributed by atoms with van der Waals surface area (Å²) >= 11 is 3.22. The van der Waals surface area contributed by atoms with Crippen LogP contribution >= 0.6 is 15.9 Å². The molecule has 1 aromatic rings. The molecule has 0 heterocycles. The van der Waals surface area contributed by atoms with Gasteiger partial charge >= 0.3 is 0 Å². The molecular weight excluding hydrogens is 320 g/mol. The van der Waals surface area contributed by atoms with E-state index in [4.69, 9.17) is 0 Å². The van der Waals surface area contributed by atoms with E-state index in [1.807, 2.05) is 0 Å². The fourth-order valence-electron chi connectivity index (χ4n) is 1.19. The number of hydrogen-bond donors (Lipinski definition) is 2. The van der Waals surface area contributed by atoms with Gasteiger partial charge in [0.2, 0.25) is 15.9 Å². The number of rotatable bonds is 4. The molecule has 0 spiro atoms. The molecule has 0 saturated carbocycles. The smallest absolute Gasteiger partial charge is 0.242 e. The number of halogens is 1. The van der Waals surface area contributed by atoms with Gasteiger partial charge in [-0.1, -0.05) is 28.1 Å². The lowest BCUT2D eigenvalue weighted by atomic mass is 10.2. The molecule has 0 saturated heterocycles. The van der Waals surface area contributed by atoms with Crippen LogP contribution in [-0.2, 0) is 14.8 Å². The summed E-state index contributed by atoms with van der Waals surface area (Å²) in [7, 11) is -2.28. The van der Waals surface area contributed by atoms with Crippen LogP contribution in [0, 0.1) is 0 Å². The fourth-order valence-corrected chi connectivity index (χ4v) is 2.17. The second kappa shape index (κ2) is 5.38. The number of benzene rings is 1. The van der Waals surface area contributed by atoms with Crippen LogP contribution in [-0.4, -0.2) is 25.7 Å². The highest BCUT2D eigenvalue weighted by atomic mass is 79.9. The fraction of sp³-hybridized carbons (Fsp3) is 0.364. The third kappa shape index (κ3) is 3.54. The Kier molecular flexibility index (Phi) is 4.52. The van der Waals surface area contributed by atoms with Crippen molar-refractivity contribution in [3.63, 3.8) is 0 Å². The monoisotopic (exact) mass is 334 g/mol. The minimum Gasteiger partial charge on any atom is -0.324 e. The second-order valence-electron chi connectivity index (χ2n) is 4.13. The third-order valence-electron chi connectivity index (χ3n) is 2.23. The number of carbonyl (C=O) groups excluding carboxylic acids is 1. The maximum atomic E-state index is 11.8. The number of anilines is 1. The highest BCUT2D eigenvalue weighted by Crippen LogP contribution is 2.24. The Hall–Kier alpha value is -0.920. The summed E-state index contributed by atoms with van der Waals surface area (Å²) in [6, 6.07) is 6.23. The molecule has 7 heteroatoms. The number of sulfonamides is 1. The van der Waals surface area contributed by atoms with Crippen LogP contribution in [0.2, 0.25) is 0 Å². The van der Waals surface area contributed by atoms with Crippen molar-refractivity contribution in [1.82, 2.24) is 4.72 Å². The van der Waals surface area contributed by atoms with Crippen molar-refractivity contribution in [2.75, 3.05) is 12.4 Å². The van der Waals surface area contributed by atoms with Gasteiger partial charge in [0.15, 0.2) is 0 Å². The number of alkyl halides is 1. The molecule has 0 radical (unpaired) electrons. The van der Waals surface area contributed by atoms with E-state index < -0.39 is 14.3 Å². The van der Waals surface area contributed by atoms with Crippen molar-refractivity contribution in [3.8, 4) is 0 Å². The van der Waals surface area contributed by atoms with E-state index in [9.17, 15) is 13.2 Å². The SMILES string of the molecule is CNS(=O)(=O)c1ccccc1NC(=O)C(C)(C)Br. The normalized spacial score (nSPS) is 12.2. The number of hydrogen-bond acceptors (Lipinski definition) is 3. The van der Waals surface area contributed by atoms with Crippen LogP contribution in [0.15, 0.2) is 29.2 Å². The second-order valence-corrected chi connectivity index (χ2v) is 7.97. The van der Waals surface area contributed by atoms with E-state index in [0.29, 0.717) is 0 Å². The van der Waals surface area contributed by atoms with Gasteiger partial charge < -0.3 is 5.32 Å². The van der Waals surface area contributed by atoms with Crippen molar-refractivity contribution in [2.45, 2.75) is 23.1 Å². The average molecular weight is 335 g/mol. The Bertz CT molecular complexity index is 550. The molecule has 1 amide bonds. The first-order valence-electron chi connectivity index (χ1n) is 5.21. The van der Waals surface area contributed by atoms with E-state index in [0.717, 1.165) is 0 Å². The first-order valence-corrected chi connectivity index (χ1v) is 7.49. The Morgan fingerprint density at radius 1 is 1.28 bits per heavy atom. The molecule has 5 nitrogen and oxygen atoms in total. The highest BCUT2D eigenvalue weighted by Gasteiger charge is 2.25. The summed E-state index contributed by atoms with van der Waals surface area (Å²) in [6.07, 6.45) is 0. The van der Waals surface area contributed by atoms with E-state index in [-0.39, 0.29) is 16.5 Å². The van der Waals surface area contributed by atoms with Crippen LogP contribution in [0.3, 0.4) is 0 Å². The Morgan fingerprint density at radius 2 is 1.83 bits per heavy atom. The molecule has 0 fully saturated rings. The number of carbonyl (C=O) groups is 1. The molecule has 0 aromatic heterocycles. The number of para-hydroxylation sites is 1. The van der Waals surface area contributed by atoms with Crippen LogP contribution in [0.1, 0.15) is 13.8 Å². The van der Waals surface area contributed by atoms with E-state index in [1.165, 1.54) is 13.1 Å². The van der Waals surface area contributed by atoms with Crippen molar-refractivity contribution in [1.29, 1.82) is 0 Å².